The molecule has 4 N–H and O–H groups in total. The van der Waals surface area contributed by atoms with Crippen molar-refractivity contribution >= 4 is 20.6 Å². The van der Waals surface area contributed by atoms with Gasteiger partial charge in [0.1, 0.15) is 0 Å². The first-order chi connectivity index (χ1) is 5.99. The van der Waals surface area contributed by atoms with E-state index in [0.29, 0.717) is 10.6 Å². The molecule has 1 aromatic rings. The fraction of sp³-hybridized carbons (Fsp3) is 0.143. The maximum atomic E-state index is 8.67. The van der Waals surface area contributed by atoms with E-state index in [1.807, 2.05) is 0 Å². The average molecular weight is 220 g/mol. The van der Waals surface area contributed by atoms with Crippen molar-refractivity contribution in [2.45, 2.75) is 6.54 Å². The second kappa shape index (κ2) is 4.19. The lowest BCUT2D eigenvalue weighted by Crippen LogP contribution is -2.51. The van der Waals surface area contributed by atoms with E-state index in [2.05, 4.69) is 4.98 Å². The summed E-state index contributed by atoms with van der Waals surface area (Å²) < 4.78 is 0. The number of hydrogen-bond acceptors (Lipinski definition) is 4. The fourth-order valence-corrected chi connectivity index (χ4v) is 1.49. The Morgan fingerprint density at radius 1 is 1.23 bits per heavy atom. The summed E-state index contributed by atoms with van der Waals surface area (Å²) >= 11 is 5.78. The first kappa shape index (κ1) is 10.6. The van der Waals surface area contributed by atoms with Crippen molar-refractivity contribution in [3.05, 3.63) is 34.9 Å². The van der Waals surface area contributed by atoms with Gasteiger partial charge in [0.25, 0.3) is 0 Å². The minimum Gasteiger partial charge on any atom is -0.377 e. The number of rotatable bonds is 3. The van der Waals surface area contributed by atoms with Crippen LogP contribution in [0, 0.1) is 0 Å². The summed E-state index contributed by atoms with van der Waals surface area (Å²) in [6, 6.07) is 6.97. The predicted octanol–water partition coefficient (Wildman–Crippen LogP) is -0.158. The minimum absolute atomic E-state index is 0.134. The van der Waals surface area contributed by atoms with Gasteiger partial charge in [0.05, 0.1) is 0 Å². The van der Waals surface area contributed by atoms with Gasteiger partial charge in [-0.2, -0.15) is 0 Å². The third kappa shape index (κ3) is 3.86. The molecule has 6 heteroatoms. The first-order valence-electron chi connectivity index (χ1n) is 3.64. The minimum atomic E-state index is -4.17. The van der Waals surface area contributed by atoms with Crippen LogP contribution in [-0.4, -0.2) is 23.4 Å². The Labute approximate surface area is 81.9 Å². The molecule has 13 heavy (non-hydrogen) atoms. The molecule has 0 saturated heterocycles. The van der Waals surface area contributed by atoms with Gasteiger partial charge in [-0.25, -0.2) is 0 Å². The van der Waals surface area contributed by atoms with Crippen LogP contribution in [0.4, 0.5) is 0 Å². The van der Waals surface area contributed by atoms with Gasteiger partial charge >= 0.3 is 8.97 Å². The van der Waals surface area contributed by atoms with E-state index in [0.717, 1.165) is 0 Å². The summed E-state index contributed by atoms with van der Waals surface area (Å²) in [5.74, 6) is 0. The Bertz CT molecular complexity index is 289. The lowest BCUT2D eigenvalue weighted by atomic mass is 10.2. The fourth-order valence-electron chi connectivity index (χ4n) is 0.856. The van der Waals surface area contributed by atoms with Crippen molar-refractivity contribution in [3.8, 4) is 0 Å². The maximum absolute atomic E-state index is 8.67. The molecule has 1 rings (SSSR count). The summed E-state index contributed by atoms with van der Waals surface area (Å²) in [6.07, 6.45) is 0. The Morgan fingerprint density at radius 2 is 1.85 bits per heavy atom. The number of halogens is 1. The highest BCUT2D eigenvalue weighted by Gasteiger charge is 2.26. The summed E-state index contributed by atoms with van der Waals surface area (Å²) in [6.45, 7) is 0.134. The zero-order valence-electron chi connectivity index (χ0n) is 6.74. The smallest absolute Gasteiger partial charge is 0.377 e. The van der Waals surface area contributed by atoms with Gasteiger partial charge in [0.15, 0.2) is 0 Å². The topological polar surface area (TPSA) is 72.7 Å². The van der Waals surface area contributed by atoms with E-state index in [4.69, 9.17) is 26.0 Å². The molecule has 4 nitrogen and oxygen atoms in total. The normalized spacial score (nSPS) is 11.7. The van der Waals surface area contributed by atoms with Crippen LogP contribution >= 0.6 is 11.6 Å². The molecule has 0 aliphatic heterocycles. The standard InChI is InChI=1S/C7H10ClNO3Si/c8-7-4-2-1-3-6(7)5-9-13(10,11)12/h1-4,9-12H,5H2. The Kier molecular flexibility index (Phi) is 3.43. The lowest BCUT2D eigenvalue weighted by Gasteiger charge is -2.11. The molecule has 0 amide bonds. The van der Waals surface area contributed by atoms with Gasteiger partial charge in [-0.1, -0.05) is 29.8 Å². The van der Waals surface area contributed by atoms with Crippen molar-refractivity contribution in [2.75, 3.05) is 0 Å². The highest BCUT2D eigenvalue weighted by Crippen LogP contribution is 2.14. The zero-order chi connectivity index (χ0) is 9.90. The van der Waals surface area contributed by atoms with Gasteiger partial charge in [-0.05, 0) is 11.6 Å². The molecule has 0 heterocycles. The molecule has 0 radical (unpaired) electrons. The average Bonchev–Trinajstić information content (AvgIpc) is 2.01. The van der Waals surface area contributed by atoms with Crippen LogP contribution in [0.15, 0.2) is 24.3 Å². The molecular weight excluding hydrogens is 210 g/mol. The largest absolute Gasteiger partial charge is 0.588 e. The van der Waals surface area contributed by atoms with E-state index in [1.54, 1.807) is 24.3 Å². The molecule has 0 fully saturated rings. The molecule has 0 spiro atoms. The second-order valence-electron chi connectivity index (χ2n) is 2.58. The van der Waals surface area contributed by atoms with E-state index in [1.165, 1.54) is 0 Å². The quantitative estimate of drug-likeness (QED) is 0.534. The SMILES string of the molecule is O[Si](O)(O)NCc1ccccc1Cl. The predicted molar refractivity (Wildman–Crippen MR) is 50.7 cm³/mol. The van der Waals surface area contributed by atoms with E-state index in [-0.39, 0.29) is 6.54 Å². The Morgan fingerprint density at radius 3 is 2.38 bits per heavy atom. The second-order valence-corrected chi connectivity index (χ2v) is 4.61. The van der Waals surface area contributed by atoms with Gasteiger partial charge in [-0.3, -0.25) is 4.98 Å². The number of benzene rings is 1. The summed E-state index contributed by atoms with van der Waals surface area (Å²) in [5.41, 5.74) is 0.707. The number of hydrogen-bond donors (Lipinski definition) is 4. The van der Waals surface area contributed by atoms with Crippen molar-refractivity contribution in [2.24, 2.45) is 0 Å². The van der Waals surface area contributed by atoms with E-state index < -0.39 is 8.97 Å². The molecule has 0 aliphatic carbocycles. The van der Waals surface area contributed by atoms with Crippen LogP contribution in [0.1, 0.15) is 5.56 Å². The monoisotopic (exact) mass is 219 g/mol. The maximum Gasteiger partial charge on any atom is 0.588 e. The molecule has 0 atom stereocenters. The van der Waals surface area contributed by atoms with E-state index in [9.17, 15) is 0 Å². The number of nitrogens with one attached hydrogen (secondary N) is 1. The van der Waals surface area contributed by atoms with Crippen LogP contribution in [0.2, 0.25) is 5.02 Å². The Hall–Kier alpha value is -0.433. The summed E-state index contributed by atoms with van der Waals surface area (Å²) in [7, 11) is -4.17. The molecule has 1 aromatic carbocycles. The third-order valence-electron chi connectivity index (χ3n) is 1.47. The molecule has 0 unspecified atom stereocenters. The van der Waals surface area contributed by atoms with Crippen LogP contribution in [0.3, 0.4) is 0 Å². The van der Waals surface area contributed by atoms with E-state index >= 15 is 0 Å². The van der Waals surface area contributed by atoms with Gasteiger partial charge in [0, 0.05) is 11.6 Å². The van der Waals surface area contributed by atoms with Crippen LogP contribution in [-0.2, 0) is 6.54 Å². The van der Waals surface area contributed by atoms with Crippen molar-refractivity contribution in [1.82, 2.24) is 4.98 Å². The van der Waals surface area contributed by atoms with Crippen molar-refractivity contribution < 1.29 is 14.4 Å². The van der Waals surface area contributed by atoms with Gasteiger partial charge < -0.3 is 14.4 Å². The molecule has 72 valence electrons. The first-order valence-corrected chi connectivity index (χ1v) is 5.86. The van der Waals surface area contributed by atoms with Crippen molar-refractivity contribution in [3.63, 3.8) is 0 Å². The van der Waals surface area contributed by atoms with Crippen molar-refractivity contribution in [1.29, 1.82) is 0 Å². The molecule has 0 bridgehead atoms. The third-order valence-corrected chi connectivity index (χ3v) is 2.49. The molecule has 0 aliphatic rings. The zero-order valence-corrected chi connectivity index (χ0v) is 8.49. The lowest BCUT2D eigenvalue weighted by molar-refractivity contribution is 0.208. The van der Waals surface area contributed by atoms with Crippen LogP contribution in [0.25, 0.3) is 0 Å². The molecular formula is C7H10ClNO3Si. The Balaban J connectivity index is 2.60. The summed E-state index contributed by atoms with van der Waals surface area (Å²) in [4.78, 5) is 28.2. The van der Waals surface area contributed by atoms with Crippen LogP contribution < -0.4 is 4.98 Å². The van der Waals surface area contributed by atoms with Crippen LogP contribution in [0.5, 0.6) is 0 Å². The highest BCUT2D eigenvalue weighted by atomic mass is 35.5. The highest BCUT2D eigenvalue weighted by molar-refractivity contribution is 6.53. The molecule has 0 aromatic heterocycles. The molecule has 0 saturated carbocycles. The summed E-state index contributed by atoms with van der Waals surface area (Å²) in [5, 5.41) is 0.522. The van der Waals surface area contributed by atoms with Gasteiger partial charge in [-0.15, -0.1) is 0 Å². The van der Waals surface area contributed by atoms with Gasteiger partial charge in [0.2, 0.25) is 0 Å².